The van der Waals surface area contributed by atoms with Crippen LogP contribution in [-0.2, 0) is 17.7 Å². The van der Waals surface area contributed by atoms with E-state index < -0.39 is 0 Å². The minimum Gasteiger partial charge on any atom is -0.384 e. The quantitative estimate of drug-likeness (QED) is 0.717. The summed E-state index contributed by atoms with van der Waals surface area (Å²) >= 11 is 0. The van der Waals surface area contributed by atoms with Gasteiger partial charge in [0.25, 0.3) is 0 Å². The zero-order valence-electron chi connectivity index (χ0n) is 13.1. The van der Waals surface area contributed by atoms with E-state index in [0.29, 0.717) is 18.9 Å². The molecule has 0 spiro atoms. The number of likely N-dealkylation sites (N-methyl/N-ethyl adjacent to an activating group) is 1. The van der Waals surface area contributed by atoms with Crippen molar-refractivity contribution in [3.63, 3.8) is 0 Å². The molecule has 0 amide bonds. The highest BCUT2D eigenvalue weighted by atomic mass is 16.5. The van der Waals surface area contributed by atoms with Crippen molar-refractivity contribution in [2.45, 2.75) is 38.3 Å². The van der Waals surface area contributed by atoms with Crippen molar-refractivity contribution in [2.24, 2.45) is 5.92 Å². The first-order valence-corrected chi connectivity index (χ1v) is 7.97. The van der Waals surface area contributed by atoms with Crippen molar-refractivity contribution in [1.82, 2.24) is 19.9 Å². The van der Waals surface area contributed by atoms with Crippen molar-refractivity contribution in [2.75, 3.05) is 40.4 Å². The standard InChI is InChI=1S/C15H26N4O2/c1-18(6-7-19-10-12-3-4-13(19)9-12)11-15-16-14(17-21-15)5-8-20-2/h12-13H,3-11H2,1-2H3/t12-,13+/m1/s1. The average molecular weight is 294 g/mol. The van der Waals surface area contributed by atoms with Gasteiger partial charge in [0.1, 0.15) is 0 Å². The predicted octanol–water partition coefficient (Wildman–Crippen LogP) is 1.17. The van der Waals surface area contributed by atoms with Gasteiger partial charge in [0.2, 0.25) is 5.89 Å². The molecule has 6 nitrogen and oxygen atoms in total. The number of hydrogen-bond donors (Lipinski definition) is 0. The maximum Gasteiger partial charge on any atom is 0.240 e. The molecule has 1 saturated heterocycles. The fourth-order valence-corrected chi connectivity index (χ4v) is 3.56. The molecule has 2 atom stereocenters. The Morgan fingerprint density at radius 2 is 2.33 bits per heavy atom. The highest BCUT2D eigenvalue weighted by Crippen LogP contribution is 2.36. The summed E-state index contributed by atoms with van der Waals surface area (Å²) in [5, 5.41) is 3.97. The van der Waals surface area contributed by atoms with E-state index in [1.165, 1.54) is 25.8 Å². The Morgan fingerprint density at radius 3 is 3.05 bits per heavy atom. The molecule has 21 heavy (non-hydrogen) atoms. The summed E-state index contributed by atoms with van der Waals surface area (Å²) in [6.45, 7) is 4.87. The van der Waals surface area contributed by atoms with Crippen LogP contribution in [0, 0.1) is 5.92 Å². The van der Waals surface area contributed by atoms with Gasteiger partial charge < -0.3 is 9.26 Å². The molecule has 0 unspecified atom stereocenters. The zero-order valence-corrected chi connectivity index (χ0v) is 13.1. The predicted molar refractivity (Wildman–Crippen MR) is 78.9 cm³/mol. The van der Waals surface area contributed by atoms with Gasteiger partial charge in [-0.3, -0.25) is 9.80 Å². The van der Waals surface area contributed by atoms with E-state index in [-0.39, 0.29) is 0 Å². The Bertz CT molecular complexity index is 451. The lowest BCUT2D eigenvalue weighted by Crippen LogP contribution is -2.38. The number of fused-ring (bicyclic) bond motifs is 2. The van der Waals surface area contributed by atoms with E-state index in [1.807, 2.05) is 0 Å². The normalized spacial score (nSPS) is 25.3. The number of methoxy groups -OCH3 is 1. The lowest BCUT2D eigenvalue weighted by Gasteiger charge is -2.28. The van der Waals surface area contributed by atoms with Gasteiger partial charge in [0.05, 0.1) is 13.2 Å². The molecule has 6 heteroatoms. The zero-order chi connectivity index (χ0) is 14.7. The summed E-state index contributed by atoms with van der Waals surface area (Å²) in [6.07, 6.45) is 4.99. The Hall–Kier alpha value is -0.980. The third-order valence-corrected chi connectivity index (χ3v) is 4.74. The maximum atomic E-state index is 5.28. The van der Waals surface area contributed by atoms with E-state index in [4.69, 9.17) is 9.26 Å². The smallest absolute Gasteiger partial charge is 0.240 e. The van der Waals surface area contributed by atoms with Gasteiger partial charge in [-0.25, -0.2) is 0 Å². The van der Waals surface area contributed by atoms with Crippen LogP contribution >= 0.6 is 0 Å². The molecule has 118 valence electrons. The third-order valence-electron chi connectivity index (χ3n) is 4.74. The first-order valence-electron chi connectivity index (χ1n) is 7.97. The number of likely N-dealkylation sites (tertiary alicyclic amines) is 1. The fraction of sp³-hybridized carbons (Fsp3) is 0.867. The maximum absolute atomic E-state index is 5.28. The Morgan fingerprint density at radius 1 is 1.43 bits per heavy atom. The van der Waals surface area contributed by atoms with Gasteiger partial charge in [-0.1, -0.05) is 5.16 Å². The second kappa shape index (κ2) is 6.85. The van der Waals surface area contributed by atoms with Crippen LogP contribution in [0.2, 0.25) is 0 Å². The van der Waals surface area contributed by atoms with Gasteiger partial charge >= 0.3 is 0 Å². The topological polar surface area (TPSA) is 54.6 Å². The lowest BCUT2D eigenvalue weighted by molar-refractivity contribution is 0.174. The molecule has 2 bridgehead atoms. The number of nitrogens with zero attached hydrogens (tertiary/aromatic N) is 4. The van der Waals surface area contributed by atoms with Crippen LogP contribution < -0.4 is 0 Å². The SMILES string of the molecule is COCCc1noc(CN(C)CCN2C[C@@H]3CC[C@H]2C3)n1. The summed E-state index contributed by atoms with van der Waals surface area (Å²) < 4.78 is 10.3. The fourth-order valence-electron chi connectivity index (χ4n) is 3.56. The van der Waals surface area contributed by atoms with Crippen LogP contribution in [0.15, 0.2) is 4.52 Å². The average Bonchev–Trinajstić information content (AvgIpc) is 3.19. The van der Waals surface area contributed by atoms with Crippen LogP contribution in [0.5, 0.6) is 0 Å². The van der Waals surface area contributed by atoms with Crippen molar-refractivity contribution < 1.29 is 9.26 Å². The minimum atomic E-state index is 0.631. The van der Waals surface area contributed by atoms with Crippen LogP contribution in [0.4, 0.5) is 0 Å². The summed E-state index contributed by atoms with van der Waals surface area (Å²) in [5.74, 6) is 2.41. The number of ether oxygens (including phenoxy) is 1. The van der Waals surface area contributed by atoms with Gasteiger partial charge in [-0.2, -0.15) is 4.98 Å². The van der Waals surface area contributed by atoms with Gasteiger partial charge in [-0.05, 0) is 32.2 Å². The van der Waals surface area contributed by atoms with Crippen molar-refractivity contribution in [1.29, 1.82) is 0 Å². The minimum absolute atomic E-state index is 0.631. The molecular weight excluding hydrogens is 268 g/mol. The van der Waals surface area contributed by atoms with Gasteiger partial charge in [-0.15, -0.1) is 0 Å². The lowest BCUT2D eigenvalue weighted by atomic mass is 10.1. The molecule has 2 fully saturated rings. The van der Waals surface area contributed by atoms with Crippen molar-refractivity contribution >= 4 is 0 Å². The summed E-state index contributed by atoms with van der Waals surface area (Å²) in [6, 6.07) is 0.854. The van der Waals surface area contributed by atoms with Crippen molar-refractivity contribution in [3.05, 3.63) is 11.7 Å². The highest BCUT2D eigenvalue weighted by molar-refractivity contribution is 4.92. The molecule has 1 aromatic heterocycles. The highest BCUT2D eigenvalue weighted by Gasteiger charge is 2.37. The van der Waals surface area contributed by atoms with Crippen LogP contribution in [0.25, 0.3) is 0 Å². The molecule has 0 aromatic carbocycles. The molecule has 0 N–H and O–H groups in total. The Labute approximate surface area is 126 Å². The van der Waals surface area contributed by atoms with Crippen LogP contribution in [-0.4, -0.2) is 66.4 Å². The third kappa shape index (κ3) is 3.81. The second-order valence-electron chi connectivity index (χ2n) is 6.41. The Balaban J connectivity index is 1.39. The molecule has 1 aliphatic carbocycles. The molecule has 1 aliphatic heterocycles. The monoisotopic (exact) mass is 294 g/mol. The van der Waals surface area contributed by atoms with E-state index >= 15 is 0 Å². The first kappa shape index (κ1) is 14.9. The molecule has 1 aromatic rings. The first-order chi connectivity index (χ1) is 10.2. The van der Waals surface area contributed by atoms with E-state index in [9.17, 15) is 0 Å². The van der Waals surface area contributed by atoms with Gasteiger partial charge in [0.15, 0.2) is 5.82 Å². The summed E-state index contributed by atoms with van der Waals surface area (Å²) in [4.78, 5) is 9.31. The molecule has 1 saturated carbocycles. The van der Waals surface area contributed by atoms with E-state index in [0.717, 1.165) is 37.4 Å². The molecular formula is C15H26N4O2. The van der Waals surface area contributed by atoms with Crippen LogP contribution in [0.3, 0.4) is 0 Å². The summed E-state index contributed by atoms with van der Waals surface area (Å²) in [7, 11) is 3.80. The molecule has 2 heterocycles. The van der Waals surface area contributed by atoms with E-state index in [2.05, 4.69) is 27.0 Å². The molecule has 3 rings (SSSR count). The molecule has 2 aliphatic rings. The van der Waals surface area contributed by atoms with Gasteiger partial charge in [0, 0.05) is 39.2 Å². The van der Waals surface area contributed by atoms with E-state index in [1.54, 1.807) is 7.11 Å². The number of aromatic nitrogens is 2. The molecule has 0 radical (unpaired) electrons. The Kier molecular flexibility index (Phi) is 4.87. The second-order valence-corrected chi connectivity index (χ2v) is 6.41. The largest absolute Gasteiger partial charge is 0.384 e. The van der Waals surface area contributed by atoms with Crippen LogP contribution in [0.1, 0.15) is 31.0 Å². The number of rotatable bonds is 8. The number of piperidine rings is 1. The van der Waals surface area contributed by atoms with Crippen molar-refractivity contribution in [3.8, 4) is 0 Å². The number of hydrogen-bond acceptors (Lipinski definition) is 6. The summed E-state index contributed by atoms with van der Waals surface area (Å²) in [5.41, 5.74) is 0.